The second-order valence-corrected chi connectivity index (χ2v) is 4.03. The van der Waals surface area contributed by atoms with E-state index in [9.17, 15) is 10.1 Å². The third-order valence-electron chi connectivity index (χ3n) is 2.96. The number of fused-ring (bicyclic) bond motifs is 1. The van der Waals surface area contributed by atoms with Crippen molar-refractivity contribution in [2.75, 3.05) is 6.61 Å². The van der Waals surface area contributed by atoms with E-state index in [2.05, 4.69) is 4.98 Å². The predicted molar refractivity (Wildman–Crippen MR) is 65.1 cm³/mol. The summed E-state index contributed by atoms with van der Waals surface area (Å²) in [6.07, 6.45) is 3.24. The Balaban J connectivity index is 2.56. The topological polar surface area (TPSA) is 79.2 Å². The van der Waals surface area contributed by atoms with Crippen LogP contribution in [0.4, 0.5) is 5.69 Å². The maximum absolute atomic E-state index is 10.9. The van der Waals surface area contributed by atoms with Crippen LogP contribution in [0.1, 0.15) is 17.5 Å². The van der Waals surface area contributed by atoms with Gasteiger partial charge in [-0.15, -0.1) is 0 Å². The number of nitrogens with zero attached hydrogens (tertiary/aromatic N) is 1. The molecule has 0 aliphatic heterocycles. The van der Waals surface area contributed by atoms with E-state index in [1.165, 1.54) is 6.07 Å². The summed E-state index contributed by atoms with van der Waals surface area (Å²) in [5, 5.41) is 20.6. The number of nitro groups is 1. The fraction of sp³-hybridized carbons (Fsp3) is 0.333. The summed E-state index contributed by atoms with van der Waals surface area (Å²) >= 11 is 0. The Morgan fingerprint density at radius 3 is 2.88 bits per heavy atom. The molecule has 0 saturated carbocycles. The van der Waals surface area contributed by atoms with Crippen LogP contribution in [0.25, 0.3) is 10.9 Å². The first-order valence-electron chi connectivity index (χ1n) is 5.50. The van der Waals surface area contributed by atoms with Gasteiger partial charge in [0.2, 0.25) is 0 Å². The van der Waals surface area contributed by atoms with E-state index in [4.69, 9.17) is 5.11 Å². The zero-order valence-corrected chi connectivity index (χ0v) is 9.56. The van der Waals surface area contributed by atoms with Gasteiger partial charge in [-0.05, 0) is 31.4 Å². The lowest BCUT2D eigenvalue weighted by Crippen LogP contribution is -1.94. The highest BCUT2D eigenvalue weighted by molar-refractivity contribution is 5.89. The van der Waals surface area contributed by atoms with Gasteiger partial charge >= 0.3 is 0 Å². The van der Waals surface area contributed by atoms with Crippen LogP contribution >= 0.6 is 0 Å². The molecule has 0 spiro atoms. The van der Waals surface area contributed by atoms with Gasteiger partial charge in [-0.25, -0.2) is 0 Å². The number of benzene rings is 1. The molecule has 2 N–H and O–H groups in total. The van der Waals surface area contributed by atoms with Gasteiger partial charge < -0.3 is 10.1 Å². The highest BCUT2D eigenvalue weighted by Crippen LogP contribution is 2.29. The summed E-state index contributed by atoms with van der Waals surface area (Å²) in [6.45, 7) is 1.89. The average Bonchev–Trinajstić information content (AvgIpc) is 2.70. The molecule has 90 valence electrons. The van der Waals surface area contributed by atoms with Crippen LogP contribution in [0.5, 0.6) is 0 Å². The van der Waals surface area contributed by atoms with E-state index in [-0.39, 0.29) is 17.2 Å². The monoisotopic (exact) mass is 234 g/mol. The van der Waals surface area contributed by atoms with Crippen molar-refractivity contribution in [3.05, 3.63) is 39.6 Å². The largest absolute Gasteiger partial charge is 0.396 e. The summed E-state index contributed by atoms with van der Waals surface area (Å²) in [5.74, 6) is 0. The number of hydrogen-bond acceptors (Lipinski definition) is 3. The highest BCUT2D eigenvalue weighted by Gasteiger charge is 2.16. The van der Waals surface area contributed by atoms with Crippen molar-refractivity contribution in [2.45, 2.75) is 19.8 Å². The van der Waals surface area contributed by atoms with Crippen LogP contribution < -0.4 is 0 Å². The number of aromatic nitrogens is 1. The molecule has 0 unspecified atom stereocenters. The molecule has 0 radical (unpaired) electrons. The van der Waals surface area contributed by atoms with Gasteiger partial charge in [0.1, 0.15) is 0 Å². The predicted octanol–water partition coefficient (Wildman–Crippen LogP) is 2.31. The molecular weight excluding hydrogens is 220 g/mol. The first-order chi connectivity index (χ1) is 8.15. The van der Waals surface area contributed by atoms with Crippen molar-refractivity contribution in [2.24, 2.45) is 0 Å². The zero-order valence-electron chi connectivity index (χ0n) is 9.56. The zero-order chi connectivity index (χ0) is 12.4. The summed E-state index contributed by atoms with van der Waals surface area (Å²) in [4.78, 5) is 13.6. The molecule has 2 aromatic rings. The molecule has 5 nitrogen and oxygen atoms in total. The lowest BCUT2D eigenvalue weighted by atomic mass is 10.0. The second kappa shape index (κ2) is 4.55. The standard InChI is InChI=1S/C12H14N2O3/c1-8-11(14(16)17)5-4-10-12(8)9(7-13-10)3-2-6-15/h4-5,7,13,15H,2-3,6H2,1H3. The van der Waals surface area contributed by atoms with E-state index in [0.29, 0.717) is 12.0 Å². The molecule has 1 aromatic carbocycles. The van der Waals surface area contributed by atoms with Crippen LogP contribution in [-0.4, -0.2) is 21.6 Å². The Kier molecular flexibility index (Phi) is 3.10. The van der Waals surface area contributed by atoms with Crippen molar-refractivity contribution >= 4 is 16.6 Å². The van der Waals surface area contributed by atoms with Gasteiger partial charge in [-0.3, -0.25) is 10.1 Å². The van der Waals surface area contributed by atoms with E-state index in [0.717, 1.165) is 22.9 Å². The first-order valence-corrected chi connectivity index (χ1v) is 5.50. The Bertz CT molecular complexity index is 560. The average molecular weight is 234 g/mol. The van der Waals surface area contributed by atoms with Crippen LogP contribution in [-0.2, 0) is 6.42 Å². The lowest BCUT2D eigenvalue weighted by Gasteiger charge is -2.02. The molecule has 17 heavy (non-hydrogen) atoms. The molecule has 0 aliphatic carbocycles. The van der Waals surface area contributed by atoms with E-state index >= 15 is 0 Å². The number of rotatable bonds is 4. The van der Waals surface area contributed by atoms with Gasteiger partial charge in [-0.1, -0.05) is 0 Å². The van der Waals surface area contributed by atoms with Gasteiger partial charge in [0.25, 0.3) is 5.69 Å². The third kappa shape index (κ3) is 2.01. The fourth-order valence-corrected chi connectivity index (χ4v) is 2.14. The Labute approximate surface area is 98.2 Å². The van der Waals surface area contributed by atoms with E-state index in [1.807, 2.05) is 6.20 Å². The quantitative estimate of drug-likeness (QED) is 0.629. The molecule has 2 rings (SSSR count). The van der Waals surface area contributed by atoms with Crippen molar-refractivity contribution in [3.8, 4) is 0 Å². The molecule has 0 atom stereocenters. The summed E-state index contributed by atoms with van der Waals surface area (Å²) in [5.41, 5.74) is 2.75. The molecule has 0 aliphatic rings. The van der Waals surface area contributed by atoms with Crippen LogP contribution in [0.2, 0.25) is 0 Å². The first kappa shape index (κ1) is 11.6. The number of aromatic amines is 1. The highest BCUT2D eigenvalue weighted by atomic mass is 16.6. The maximum Gasteiger partial charge on any atom is 0.273 e. The number of nitrogens with one attached hydrogen (secondary N) is 1. The molecule has 0 fully saturated rings. The molecule has 1 heterocycles. The minimum atomic E-state index is -0.363. The fourth-order valence-electron chi connectivity index (χ4n) is 2.14. The molecule has 5 heteroatoms. The number of aryl methyl sites for hydroxylation is 2. The number of H-pyrrole nitrogens is 1. The third-order valence-corrected chi connectivity index (χ3v) is 2.96. The molecule has 0 amide bonds. The van der Waals surface area contributed by atoms with Crippen molar-refractivity contribution in [1.29, 1.82) is 0 Å². The van der Waals surface area contributed by atoms with Crippen molar-refractivity contribution in [1.82, 2.24) is 4.98 Å². The number of hydrogen-bond donors (Lipinski definition) is 2. The van der Waals surface area contributed by atoms with Crippen molar-refractivity contribution < 1.29 is 10.0 Å². The molecular formula is C12H14N2O3. The smallest absolute Gasteiger partial charge is 0.273 e. The van der Waals surface area contributed by atoms with E-state index < -0.39 is 0 Å². The van der Waals surface area contributed by atoms with Gasteiger partial charge in [0.05, 0.1) is 4.92 Å². The summed E-state index contributed by atoms with van der Waals surface area (Å²) < 4.78 is 0. The minimum absolute atomic E-state index is 0.126. The molecule has 0 bridgehead atoms. The normalized spacial score (nSPS) is 10.9. The number of aliphatic hydroxyl groups excluding tert-OH is 1. The van der Waals surface area contributed by atoms with Gasteiger partial charge in [0.15, 0.2) is 0 Å². The van der Waals surface area contributed by atoms with Crippen molar-refractivity contribution in [3.63, 3.8) is 0 Å². The van der Waals surface area contributed by atoms with Crippen LogP contribution in [0.15, 0.2) is 18.3 Å². The van der Waals surface area contributed by atoms with Crippen LogP contribution in [0.3, 0.4) is 0 Å². The second-order valence-electron chi connectivity index (χ2n) is 4.03. The van der Waals surface area contributed by atoms with Gasteiger partial charge in [-0.2, -0.15) is 0 Å². The SMILES string of the molecule is Cc1c([N+](=O)[O-])ccc2[nH]cc(CCCO)c12. The lowest BCUT2D eigenvalue weighted by molar-refractivity contribution is -0.385. The van der Waals surface area contributed by atoms with Gasteiger partial charge in [0, 0.05) is 35.3 Å². The molecule has 1 aromatic heterocycles. The summed E-state index contributed by atoms with van der Waals surface area (Å²) in [7, 11) is 0. The Hall–Kier alpha value is -1.88. The van der Waals surface area contributed by atoms with E-state index in [1.54, 1.807) is 13.0 Å². The Morgan fingerprint density at radius 1 is 1.47 bits per heavy atom. The molecule has 0 saturated heterocycles. The minimum Gasteiger partial charge on any atom is -0.396 e. The van der Waals surface area contributed by atoms with Crippen LogP contribution in [0, 0.1) is 17.0 Å². The number of aliphatic hydroxyl groups is 1. The Morgan fingerprint density at radius 2 is 2.24 bits per heavy atom. The summed E-state index contributed by atoms with van der Waals surface area (Å²) in [6, 6.07) is 3.24. The number of nitro benzene ring substituents is 1. The maximum atomic E-state index is 10.9.